The lowest BCUT2D eigenvalue weighted by Crippen LogP contribution is -2.08. The second kappa shape index (κ2) is 7.04. The topological polar surface area (TPSA) is 9.23 Å². The fourth-order valence-corrected chi connectivity index (χ4v) is 2.39. The maximum Gasteiger partial charge on any atom is 0.129 e. The molecule has 0 bridgehead atoms. The summed E-state index contributed by atoms with van der Waals surface area (Å²) < 4.78 is 19.4. The molecule has 1 atom stereocenters. The van der Waals surface area contributed by atoms with Gasteiger partial charge in [0, 0.05) is 15.9 Å². The van der Waals surface area contributed by atoms with Crippen molar-refractivity contribution in [1.29, 1.82) is 0 Å². The third-order valence-corrected chi connectivity index (χ3v) is 3.60. The molecule has 0 saturated heterocycles. The quantitative estimate of drug-likeness (QED) is 0.684. The Balaban J connectivity index is 2.04. The molecule has 0 aliphatic rings. The number of ether oxygens (including phenoxy) is 1. The van der Waals surface area contributed by atoms with Crippen LogP contribution < -0.4 is 0 Å². The highest BCUT2D eigenvalue weighted by Gasteiger charge is 2.14. The van der Waals surface area contributed by atoms with Crippen molar-refractivity contribution in [1.82, 2.24) is 0 Å². The van der Waals surface area contributed by atoms with E-state index in [4.69, 9.17) is 16.3 Å². The van der Waals surface area contributed by atoms with Crippen LogP contribution in [0.4, 0.5) is 4.39 Å². The summed E-state index contributed by atoms with van der Waals surface area (Å²) in [5, 5.41) is 1.23. The number of alkyl halides is 1. The normalized spacial score (nSPS) is 12.4. The molecule has 1 unspecified atom stereocenters. The first-order chi connectivity index (χ1) is 9.20. The van der Waals surface area contributed by atoms with Gasteiger partial charge in [-0.15, -0.1) is 0 Å². The molecule has 0 spiro atoms. The maximum atomic E-state index is 13.7. The first-order valence-electron chi connectivity index (χ1n) is 5.87. The predicted octanol–water partition coefficient (Wildman–Crippen LogP) is 5.13. The Kier molecular flexibility index (Phi) is 5.37. The van der Waals surface area contributed by atoms with Crippen LogP contribution in [0.5, 0.6) is 0 Å². The highest BCUT2D eigenvalue weighted by molar-refractivity contribution is 9.09. The monoisotopic (exact) mass is 342 g/mol. The predicted molar refractivity (Wildman–Crippen MR) is 79.2 cm³/mol. The number of benzene rings is 2. The highest BCUT2D eigenvalue weighted by atomic mass is 79.9. The summed E-state index contributed by atoms with van der Waals surface area (Å²) in [6.07, 6.45) is -0.308. The molecule has 2 aromatic carbocycles. The molecule has 0 saturated carbocycles. The van der Waals surface area contributed by atoms with Crippen LogP contribution in [0, 0.1) is 5.82 Å². The highest BCUT2D eigenvalue weighted by Crippen LogP contribution is 2.24. The maximum absolute atomic E-state index is 13.7. The lowest BCUT2D eigenvalue weighted by molar-refractivity contribution is 0.0543. The molecule has 100 valence electrons. The van der Waals surface area contributed by atoms with Gasteiger partial charge in [-0.1, -0.05) is 57.9 Å². The van der Waals surface area contributed by atoms with Crippen LogP contribution in [0.25, 0.3) is 0 Å². The van der Waals surface area contributed by atoms with E-state index in [9.17, 15) is 4.39 Å². The summed E-state index contributed by atoms with van der Waals surface area (Å²) in [5.41, 5.74) is 1.57. The molecule has 0 aliphatic carbocycles. The number of rotatable bonds is 5. The summed E-state index contributed by atoms with van der Waals surface area (Å²) in [4.78, 5) is 0. The van der Waals surface area contributed by atoms with Crippen LogP contribution in [0.2, 0.25) is 5.02 Å². The summed E-state index contributed by atoms with van der Waals surface area (Å²) in [5.74, 6) is -0.247. The summed E-state index contributed by atoms with van der Waals surface area (Å²) in [6, 6.07) is 14.1. The zero-order chi connectivity index (χ0) is 13.7. The van der Waals surface area contributed by atoms with E-state index < -0.39 is 0 Å². The van der Waals surface area contributed by atoms with Crippen molar-refractivity contribution < 1.29 is 9.13 Å². The third kappa shape index (κ3) is 4.03. The van der Waals surface area contributed by atoms with Crippen LogP contribution in [0.15, 0.2) is 48.5 Å². The lowest BCUT2D eigenvalue weighted by Gasteiger charge is -2.16. The van der Waals surface area contributed by atoms with Gasteiger partial charge in [0.25, 0.3) is 0 Å². The van der Waals surface area contributed by atoms with Gasteiger partial charge in [-0.3, -0.25) is 0 Å². The first-order valence-corrected chi connectivity index (χ1v) is 7.37. The second-order valence-corrected chi connectivity index (χ2v) is 5.19. The van der Waals surface area contributed by atoms with Gasteiger partial charge in [0.1, 0.15) is 5.82 Å². The number of hydrogen-bond donors (Lipinski definition) is 0. The van der Waals surface area contributed by atoms with Crippen molar-refractivity contribution in [2.24, 2.45) is 0 Å². The van der Waals surface area contributed by atoms with E-state index in [1.165, 1.54) is 6.07 Å². The van der Waals surface area contributed by atoms with Crippen molar-refractivity contribution >= 4 is 27.5 Å². The first kappa shape index (κ1) is 14.5. The van der Waals surface area contributed by atoms with Crippen molar-refractivity contribution in [3.8, 4) is 0 Å². The smallest absolute Gasteiger partial charge is 0.129 e. The fourth-order valence-electron chi connectivity index (χ4n) is 1.73. The molecule has 19 heavy (non-hydrogen) atoms. The summed E-state index contributed by atoms with van der Waals surface area (Å²) in [7, 11) is 0. The average Bonchev–Trinajstić information content (AvgIpc) is 2.43. The SMILES string of the molecule is Fc1ccccc1C(CBr)OCc1ccc(Cl)cc1. The van der Waals surface area contributed by atoms with E-state index >= 15 is 0 Å². The van der Waals surface area contributed by atoms with E-state index in [2.05, 4.69) is 15.9 Å². The van der Waals surface area contributed by atoms with Crippen LogP contribution in [0.3, 0.4) is 0 Å². The Morgan fingerprint density at radius 3 is 2.42 bits per heavy atom. The molecular weight excluding hydrogens is 331 g/mol. The van der Waals surface area contributed by atoms with Gasteiger partial charge in [-0.2, -0.15) is 0 Å². The van der Waals surface area contributed by atoms with Gasteiger partial charge < -0.3 is 4.74 Å². The van der Waals surface area contributed by atoms with Crippen molar-refractivity contribution in [2.75, 3.05) is 5.33 Å². The van der Waals surface area contributed by atoms with Gasteiger partial charge in [0.05, 0.1) is 12.7 Å². The Morgan fingerprint density at radius 1 is 1.11 bits per heavy atom. The van der Waals surface area contributed by atoms with Crippen LogP contribution in [-0.2, 0) is 11.3 Å². The zero-order valence-electron chi connectivity index (χ0n) is 10.2. The Bertz CT molecular complexity index is 530. The van der Waals surface area contributed by atoms with Gasteiger partial charge in [-0.25, -0.2) is 4.39 Å². The summed E-state index contributed by atoms with van der Waals surface area (Å²) in [6.45, 7) is 0.418. The molecule has 0 heterocycles. The minimum absolute atomic E-state index is 0.247. The molecule has 4 heteroatoms. The summed E-state index contributed by atoms with van der Waals surface area (Å²) >= 11 is 9.18. The van der Waals surface area contributed by atoms with E-state index in [1.54, 1.807) is 18.2 Å². The van der Waals surface area contributed by atoms with Crippen molar-refractivity contribution in [2.45, 2.75) is 12.7 Å². The van der Waals surface area contributed by atoms with Crippen LogP contribution >= 0.6 is 27.5 Å². The third-order valence-electron chi connectivity index (χ3n) is 2.76. The second-order valence-electron chi connectivity index (χ2n) is 4.10. The Labute approximate surface area is 125 Å². The number of halogens is 3. The molecule has 0 aromatic heterocycles. The molecule has 2 rings (SSSR count). The fraction of sp³-hybridized carbons (Fsp3) is 0.200. The van der Waals surface area contributed by atoms with E-state index in [-0.39, 0.29) is 11.9 Å². The minimum Gasteiger partial charge on any atom is -0.368 e. The standard InChI is InChI=1S/C15H13BrClFO/c16-9-15(13-3-1-2-4-14(13)18)19-10-11-5-7-12(17)8-6-11/h1-8,15H,9-10H2. The molecule has 0 N–H and O–H groups in total. The van der Waals surface area contributed by atoms with Gasteiger partial charge in [-0.05, 0) is 23.8 Å². The van der Waals surface area contributed by atoms with Gasteiger partial charge in [0.15, 0.2) is 0 Å². The van der Waals surface area contributed by atoms with Crippen molar-refractivity contribution in [3.05, 3.63) is 70.5 Å². The van der Waals surface area contributed by atoms with E-state index in [0.717, 1.165) is 5.56 Å². The van der Waals surface area contributed by atoms with Gasteiger partial charge >= 0.3 is 0 Å². The molecule has 1 nitrogen and oxygen atoms in total. The Morgan fingerprint density at radius 2 is 1.79 bits per heavy atom. The largest absolute Gasteiger partial charge is 0.368 e. The molecular formula is C15H13BrClFO. The molecule has 0 amide bonds. The van der Waals surface area contributed by atoms with Gasteiger partial charge in [0.2, 0.25) is 0 Å². The molecule has 0 radical (unpaired) electrons. The molecule has 2 aromatic rings. The zero-order valence-corrected chi connectivity index (χ0v) is 12.5. The molecule has 0 aliphatic heterocycles. The van der Waals surface area contributed by atoms with Crippen LogP contribution in [-0.4, -0.2) is 5.33 Å². The van der Waals surface area contributed by atoms with E-state index in [1.807, 2.05) is 24.3 Å². The Hall–Kier alpha value is -0.900. The minimum atomic E-state index is -0.308. The van der Waals surface area contributed by atoms with Crippen molar-refractivity contribution in [3.63, 3.8) is 0 Å². The van der Waals surface area contributed by atoms with Crippen LogP contribution in [0.1, 0.15) is 17.2 Å². The lowest BCUT2D eigenvalue weighted by atomic mass is 10.1. The number of hydrogen-bond acceptors (Lipinski definition) is 1. The molecule has 0 fully saturated rings. The average molecular weight is 344 g/mol. The van der Waals surface area contributed by atoms with E-state index in [0.29, 0.717) is 22.5 Å².